The first-order chi connectivity index (χ1) is 9.26. The summed E-state index contributed by atoms with van der Waals surface area (Å²) in [5.74, 6) is 2.16. The molecule has 0 aliphatic heterocycles. The van der Waals surface area contributed by atoms with Crippen LogP contribution in [0.25, 0.3) is 11.3 Å². The van der Waals surface area contributed by atoms with E-state index in [0.29, 0.717) is 12.0 Å². The maximum atomic E-state index is 5.82. The van der Waals surface area contributed by atoms with Crippen LogP contribution in [0.4, 0.5) is 0 Å². The summed E-state index contributed by atoms with van der Waals surface area (Å²) in [6.45, 7) is 0. The van der Waals surface area contributed by atoms with Gasteiger partial charge in [-0.2, -0.15) is 0 Å². The molecule has 0 spiro atoms. The molecule has 1 saturated carbocycles. The van der Waals surface area contributed by atoms with Gasteiger partial charge < -0.3 is 10.5 Å². The molecule has 0 amide bonds. The second-order valence-corrected chi connectivity index (χ2v) is 4.96. The third-order valence-electron chi connectivity index (χ3n) is 3.58. The highest BCUT2D eigenvalue weighted by Gasteiger charge is 2.29. The Kier molecular flexibility index (Phi) is 3.17. The van der Waals surface area contributed by atoms with Crippen molar-refractivity contribution < 1.29 is 4.74 Å². The molecule has 0 unspecified atom stereocenters. The topological polar surface area (TPSA) is 61.0 Å². The molecule has 1 aromatic carbocycles. The first-order valence-electron chi connectivity index (χ1n) is 6.49. The normalized spacial score (nSPS) is 21.8. The van der Waals surface area contributed by atoms with Crippen molar-refractivity contribution in [3.05, 3.63) is 42.4 Å². The number of methoxy groups -OCH3 is 1. The Morgan fingerprint density at radius 2 is 2.11 bits per heavy atom. The fraction of sp³-hybridized carbons (Fsp3) is 0.333. The van der Waals surface area contributed by atoms with Crippen LogP contribution >= 0.6 is 0 Å². The highest BCUT2D eigenvalue weighted by Crippen LogP contribution is 2.34. The SMILES string of the molecule is COc1cccc(-c2ccnc(C3CC(N)C3)n2)c1. The van der Waals surface area contributed by atoms with Gasteiger partial charge in [0.15, 0.2) is 0 Å². The summed E-state index contributed by atoms with van der Waals surface area (Å²) in [7, 11) is 1.67. The quantitative estimate of drug-likeness (QED) is 0.914. The lowest BCUT2D eigenvalue weighted by atomic mass is 9.80. The second-order valence-electron chi connectivity index (χ2n) is 4.96. The summed E-state index contributed by atoms with van der Waals surface area (Å²) >= 11 is 0. The molecule has 3 rings (SSSR count). The van der Waals surface area contributed by atoms with Crippen molar-refractivity contribution in [3.8, 4) is 17.0 Å². The zero-order valence-electron chi connectivity index (χ0n) is 10.9. The average Bonchev–Trinajstić information content (AvgIpc) is 2.44. The Morgan fingerprint density at radius 1 is 1.26 bits per heavy atom. The van der Waals surface area contributed by atoms with E-state index in [1.54, 1.807) is 7.11 Å². The van der Waals surface area contributed by atoms with Crippen molar-refractivity contribution in [2.24, 2.45) is 5.73 Å². The monoisotopic (exact) mass is 255 g/mol. The van der Waals surface area contributed by atoms with Gasteiger partial charge in [0.25, 0.3) is 0 Å². The van der Waals surface area contributed by atoms with Crippen molar-refractivity contribution in [1.29, 1.82) is 0 Å². The molecule has 0 atom stereocenters. The summed E-state index contributed by atoms with van der Waals surface area (Å²) < 4.78 is 5.24. The third kappa shape index (κ3) is 2.44. The van der Waals surface area contributed by atoms with Crippen LogP contribution < -0.4 is 10.5 Å². The number of aromatic nitrogens is 2. The molecule has 0 radical (unpaired) electrons. The molecule has 0 bridgehead atoms. The molecule has 0 saturated heterocycles. The predicted molar refractivity (Wildman–Crippen MR) is 74.0 cm³/mol. The van der Waals surface area contributed by atoms with Crippen LogP contribution in [0.5, 0.6) is 5.75 Å². The van der Waals surface area contributed by atoms with Crippen LogP contribution in [0, 0.1) is 0 Å². The van der Waals surface area contributed by atoms with Gasteiger partial charge in [-0.1, -0.05) is 12.1 Å². The molecular formula is C15H17N3O. The molecule has 98 valence electrons. The van der Waals surface area contributed by atoms with Gasteiger partial charge in [-0.05, 0) is 31.0 Å². The summed E-state index contributed by atoms with van der Waals surface area (Å²) in [5, 5.41) is 0. The molecule has 1 heterocycles. The fourth-order valence-corrected chi connectivity index (χ4v) is 2.39. The summed E-state index contributed by atoms with van der Waals surface area (Å²) in [4.78, 5) is 9.02. The molecule has 2 N–H and O–H groups in total. The van der Waals surface area contributed by atoms with Crippen molar-refractivity contribution in [2.75, 3.05) is 7.11 Å². The van der Waals surface area contributed by atoms with Gasteiger partial charge in [-0.25, -0.2) is 9.97 Å². The van der Waals surface area contributed by atoms with Crippen LogP contribution in [0.1, 0.15) is 24.6 Å². The maximum absolute atomic E-state index is 5.82. The van der Waals surface area contributed by atoms with Crippen LogP contribution in [0.2, 0.25) is 0 Å². The van der Waals surface area contributed by atoms with Crippen molar-refractivity contribution in [2.45, 2.75) is 24.8 Å². The summed E-state index contributed by atoms with van der Waals surface area (Å²) in [5.41, 5.74) is 7.80. The Balaban J connectivity index is 1.90. The van der Waals surface area contributed by atoms with Crippen molar-refractivity contribution in [1.82, 2.24) is 9.97 Å². The van der Waals surface area contributed by atoms with Gasteiger partial charge in [0, 0.05) is 23.7 Å². The molecule has 19 heavy (non-hydrogen) atoms. The van der Waals surface area contributed by atoms with Gasteiger partial charge in [0.05, 0.1) is 12.8 Å². The minimum absolute atomic E-state index is 0.314. The van der Waals surface area contributed by atoms with E-state index in [0.717, 1.165) is 35.7 Å². The minimum atomic E-state index is 0.314. The van der Waals surface area contributed by atoms with E-state index < -0.39 is 0 Å². The first kappa shape index (κ1) is 12.1. The Morgan fingerprint density at radius 3 is 2.84 bits per heavy atom. The number of hydrogen-bond acceptors (Lipinski definition) is 4. The van der Waals surface area contributed by atoms with E-state index in [1.807, 2.05) is 36.5 Å². The fourth-order valence-electron chi connectivity index (χ4n) is 2.39. The van der Waals surface area contributed by atoms with E-state index >= 15 is 0 Å². The standard InChI is InChI=1S/C15H17N3O/c1-19-13-4-2-3-10(9-13)14-5-6-17-15(18-14)11-7-12(16)8-11/h2-6,9,11-12H,7-8,16H2,1H3. The van der Waals surface area contributed by atoms with Crippen LogP contribution in [-0.4, -0.2) is 23.1 Å². The van der Waals surface area contributed by atoms with E-state index in [1.165, 1.54) is 0 Å². The van der Waals surface area contributed by atoms with E-state index in [2.05, 4.69) is 9.97 Å². The minimum Gasteiger partial charge on any atom is -0.497 e. The average molecular weight is 255 g/mol. The molecule has 1 aliphatic rings. The number of ether oxygens (including phenoxy) is 1. The third-order valence-corrected chi connectivity index (χ3v) is 3.58. The molecule has 4 nitrogen and oxygen atoms in total. The summed E-state index contributed by atoms with van der Waals surface area (Å²) in [6.07, 6.45) is 3.80. The highest BCUT2D eigenvalue weighted by atomic mass is 16.5. The Bertz CT molecular complexity index is 579. The van der Waals surface area contributed by atoms with Gasteiger partial charge in [0.2, 0.25) is 0 Å². The van der Waals surface area contributed by atoms with Crippen LogP contribution in [0.15, 0.2) is 36.5 Å². The first-order valence-corrected chi connectivity index (χ1v) is 6.49. The van der Waals surface area contributed by atoms with E-state index in [-0.39, 0.29) is 0 Å². The Labute approximate surface area is 112 Å². The largest absolute Gasteiger partial charge is 0.497 e. The zero-order valence-corrected chi connectivity index (χ0v) is 10.9. The lowest BCUT2D eigenvalue weighted by molar-refractivity contribution is 0.338. The van der Waals surface area contributed by atoms with Gasteiger partial charge >= 0.3 is 0 Å². The molecule has 4 heteroatoms. The molecule has 1 aliphatic carbocycles. The number of nitrogens with zero attached hydrogens (tertiary/aromatic N) is 2. The lowest BCUT2D eigenvalue weighted by Crippen LogP contribution is -2.35. The van der Waals surface area contributed by atoms with Crippen LogP contribution in [0.3, 0.4) is 0 Å². The number of nitrogens with two attached hydrogens (primary N) is 1. The number of rotatable bonds is 3. The van der Waals surface area contributed by atoms with Crippen molar-refractivity contribution >= 4 is 0 Å². The maximum Gasteiger partial charge on any atom is 0.132 e. The predicted octanol–water partition coefficient (Wildman–Crippen LogP) is 2.36. The number of benzene rings is 1. The molecule has 1 fully saturated rings. The Hall–Kier alpha value is -1.94. The smallest absolute Gasteiger partial charge is 0.132 e. The highest BCUT2D eigenvalue weighted by molar-refractivity contribution is 5.60. The van der Waals surface area contributed by atoms with Gasteiger partial charge in [-0.3, -0.25) is 0 Å². The van der Waals surface area contributed by atoms with Gasteiger partial charge in [0.1, 0.15) is 11.6 Å². The number of hydrogen-bond donors (Lipinski definition) is 1. The second kappa shape index (κ2) is 4.97. The van der Waals surface area contributed by atoms with Crippen LogP contribution in [-0.2, 0) is 0 Å². The molecule has 2 aromatic rings. The zero-order chi connectivity index (χ0) is 13.2. The van der Waals surface area contributed by atoms with E-state index in [9.17, 15) is 0 Å². The lowest BCUT2D eigenvalue weighted by Gasteiger charge is -2.31. The molecular weight excluding hydrogens is 238 g/mol. The molecule has 1 aromatic heterocycles. The van der Waals surface area contributed by atoms with Gasteiger partial charge in [-0.15, -0.1) is 0 Å². The van der Waals surface area contributed by atoms with E-state index in [4.69, 9.17) is 10.5 Å². The summed E-state index contributed by atoms with van der Waals surface area (Å²) in [6, 6.07) is 10.1. The van der Waals surface area contributed by atoms with Crippen molar-refractivity contribution in [3.63, 3.8) is 0 Å².